The fraction of sp³-hybridized carbons (Fsp3) is 0.929. The van der Waals surface area contributed by atoms with Crippen molar-refractivity contribution in [2.45, 2.75) is 34.1 Å². The summed E-state index contributed by atoms with van der Waals surface area (Å²) in [4.78, 5) is 4.53. The number of nitrogens with one attached hydrogen (secondary N) is 2. The van der Waals surface area contributed by atoms with Crippen molar-refractivity contribution in [2.24, 2.45) is 10.4 Å². The third-order valence-electron chi connectivity index (χ3n) is 2.90. The first-order chi connectivity index (χ1) is 9.70. The maximum absolute atomic E-state index is 11.2. The van der Waals surface area contributed by atoms with Crippen LogP contribution >= 0.6 is 24.0 Å². The first kappa shape index (κ1) is 24.2. The highest BCUT2D eigenvalue weighted by Crippen LogP contribution is 2.21. The van der Waals surface area contributed by atoms with Gasteiger partial charge in [-0.15, -0.1) is 24.0 Å². The maximum atomic E-state index is 11.2. The lowest BCUT2D eigenvalue weighted by Crippen LogP contribution is -2.39. The van der Waals surface area contributed by atoms with Crippen LogP contribution in [0.3, 0.4) is 0 Å². The lowest BCUT2D eigenvalue weighted by atomic mass is 9.90. The van der Waals surface area contributed by atoms with Gasteiger partial charge in [-0.3, -0.25) is 4.99 Å². The summed E-state index contributed by atoms with van der Waals surface area (Å²) in [6.45, 7) is 11.4. The van der Waals surface area contributed by atoms with E-state index in [0.29, 0.717) is 32.7 Å². The smallest absolute Gasteiger partial charge is 0.191 e. The molecule has 0 fully saturated rings. The normalized spacial score (nSPS) is 12.7. The summed E-state index contributed by atoms with van der Waals surface area (Å²) in [7, 11) is -2.92. The van der Waals surface area contributed by atoms with Crippen molar-refractivity contribution in [1.82, 2.24) is 10.6 Å². The molecule has 2 N–H and O–H groups in total. The average molecular weight is 449 g/mol. The molecule has 0 saturated heterocycles. The second-order valence-electron chi connectivity index (χ2n) is 5.86. The topological polar surface area (TPSA) is 79.8 Å². The van der Waals surface area contributed by atoms with Crippen LogP contribution in [0.1, 0.15) is 34.1 Å². The summed E-state index contributed by atoms with van der Waals surface area (Å²) in [5, 5.41) is 6.37. The Hall–Kier alpha value is -0.0900. The fourth-order valence-corrected chi connectivity index (χ4v) is 2.48. The van der Waals surface area contributed by atoms with Crippen molar-refractivity contribution in [3.05, 3.63) is 0 Å². The Morgan fingerprint density at radius 1 is 1.23 bits per heavy atom. The predicted octanol–water partition coefficient (Wildman–Crippen LogP) is 1.66. The molecule has 0 aromatic heterocycles. The van der Waals surface area contributed by atoms with Crippen LogP contribution in [-0.2, 0) is 14.6 Å². The average Bonchev–Trinajstić information content (AvgIpc) is 2.38. The van der Waals surface area contributed by atoms with Gasteiger partial charge in [0, 0.05) is 32.5 Å². The quantitative estimate of drug-likeness (QED) is 0.230. The summed E-state index contributed by atoms with van der Waals surface area (Å²) in [5.41, 5.74) is -0.147. The van der Waals surface area contributed by atoms with Gasteiger partial charge in [0.15, 0.2) is 5.96 Å². The molecule has 0 aliphatic heterocycles. The molecule has 0 radical (unpaired) electrons. The molecule has 0 saturated carbocycles. The number of guanidine groups is 1. The molecule has 0 spiro atoms. The number of rotatable bonds is 10. The number of aliphatic imine (C=N–C) groups is 1. The van der Waals surface area contributed by atoms with Crippen LogP contribution in [0.4, 0.5) is 0 Å². The minimum atomic E-state index is -2.92. The van der Waals surface area contributed by atoms with Crippen LogP contribution in [0.5, 0.6) is 0 Å². The molecule has 0 aliphatic rings. The van der Waals surface area contributed by atoms with Gasteiger partial charge in [-0.1, -0.05) is 13.8 Å². The van der Waals surface area contributed by atoms with Crippen molar-refractivity contribution in [3.63, 3.8) is 0 Å². The minimum Gasteiger partial charge on any atom is -0.380 e. The van der Waals surface area contributed by atoms with Gasteiger partial charge < -0.3 is 15.4 Å². The Balaban J connectivity index is 0. The van der Waals surface area contributed by atoms with Crippen molar-refractivity contribution in [3.8, 4) is 0 Å². The molecule has 8 heteroatoms. The molecule has 22 heavy (non-hydrogen) atoms. The predicted molar refractivity (Wildman–Crippen MR) is 104 cm³/mol. The van der Waals surface area contributed by atoms with E-state index in [9.17, 15) is 8.42 Å². The maximum Gasteiger partial charge on any atom is 0.191 e. The van der Waals surface area contributed by atoms with Gasteiger partial charge in [-0.25, -0.2) is 8.42 Å². The first-order valence-corrected chi connectivity index (χ1v) is 9.54. The highest BCUT2D eigenvalue weighted by molar-refractivity contribution is 14.0. The summed E-state index contributed by atoms with van der Waals surface area (Å²) in [6, 6.07) is 0. The van der Waals surface area contributed by atoms with E-state index >= 15 is 0 Å². The van der Waals surface area contributed by atoms with Crippen LogP contribution in [0.25, 0.3) is 0 Å². The lowest BCUT2D eigenvalue weighted by molar-refractivity contribution is 0.152. The van der Waals surface area contributed by atoms with Gasteiger partial charge in [-0.05, 0) is 25.7 Å². The molecule has 0 aliphatic carbocycles. The number of hydrogen-bond donors (Lipinski definition) is 2. The number of sulfone groups is 1. The second kappa shape index (κ2) is 12.3. The van der Waals surface area contributed by atoms with E-state index in [2.05, 4.69) is 15.6 Å². The van der Waals surface area contributed by atoms with Crippen LogP contribution in [-0.4, -0.2) is 59.2 Å². The molecule has 0 amide bonds. The second-order valence-corrected chi connectivity index (χ2v) is 8.12. The summed E-state index contributed by atoms with van der Waals surface area (Å²) >= 11 is 0. The molecule has 0 unspecified atom stereocenters. The third kappa shape index (κ3) is 14.8. The third-order valence-corrected chi connectivity index (χ3v) is 3.85. The fourth-order valence-electron chi connectivity index (χ4n) is 1.56. The largest absolute Gasteiger partial charge is 0.380 e. The number of ether oxygens (including phenoxy) is 1. The molecule has 6 nitrogen and oxygen atoms in total. The summed E-state index contributed by atoms with van der Waals surface area (Å²) in [6.07, 6.45) is 1.87. The van der Waals surface area contributed by atoms with E-state index in [0.717, 1.165) is 12.5 Å². The monoisotopic (exact) mass is 449 g/mol. The van der Waals surface area contributed by atoms with Crippen LogP contribution in [0, 0.1) is 5.41 Å². The molecule has 0 rings (SSSR count). The zero-order chi connectivity index (χ0) is 16.4. The molecule has 134 valence electrons. The SMILES string of the molecule is CCNC(=NCC(C)(C)CCS(C)(=O)=O)NCCOCC.I. The lowest BCUT2D eigenvalue weighted by Gasteiger charge is -2.22. The molecule has 0 bridgehead atoms. The van der Waals surface area contributed by atoms with Gasteiger partial charge in [0.2, 0.25) is 0 Å². The minimum absolute atomic E-state index is 0. The van der Waals surface area contributed by atoms with Gasteiger partial charge in [0.25, 0.3) is 0 Å². The van der Waals surface area contributed by atoms with Gasteiger partial charge >= 0.3 is 0 Å². The van der Waals surface area contributed by atoms with Crippen LogP contribution < -0.4 is 10.6 Å². The molecular formula is C14H32IN3O3S. The van der Waals surface area contributed by atoms with Gasteiger partial charge in [-0.2, -0.15) is 0 Å². The van der Waals surface area contributed by atoms with E-state index in [1.807, 2.05) is 27.7 Å². The van der Waals surface area contributed by atoms with E-state index in [-0.39, 0.29) is 35.1 Å². The Kier molecular flexibility index (Phi) is 13.6. The van der Waals surface area contributed by atoms with Gasteiger partial charge in [0.1, 0.15) is 9.84 Å². The van der Waals surface area contributed by atoms with E-state index in [4.69, 9.17) is 4.74 Å². The summed E-state index contributed by atoms with van der Waals surface area (Å²) in [5.74, 6) is 0.939. The Bertz CT molecular complexity index is 412. The van der Waals surface area contributed by atoms with Crippen molar-refractivity contribution in [2.75, 3.05) is 44.9 Å². The van der Waals surface area contributed by atoms with Crippen LogP contribution in [0.15, 0.2) is 4.99 Å². The molecule has 0 aromatic carbocycles. The molecule has 0 heterocycles. The van der Waals surface area contributed by atoms with E-state index in [1.54, 1.807) is 0 Å². The highest BCUT2D eigenvalue weighted by atomic mass is 127. The zero-order valence-electron chi connectivity index (χ0n) is 14.4. The van der Waals surface area contributed by atoms with Crippen molar-refractivity contribution >= 4 is 39.8 Å². The highest BCUT2D eigenvalue weighted by Gasteiger charge is 2.20. The Labute approximate surface area is 152 Å². The molecular weight excluding hydrogens is 417 g/mol. The van der Waals surface area contributed by atoms with E-state index < -0.39 is 9.84 Å². The number of halogens is 1. The van der Waals surface area contributed by atoms with Gasteiger partial charge in [0.05, 0.1) is 12.4 Å². The van der Waals surface area contributed by atoms with Crippen molar-refractivity contribution < 1.29 is 13.2 Å². The Morgan fingerprint density at radius 2 is 1.86 bits per heavy atom. The van der Waals surface area contributed by atoms with E-state index in [1.165, 1.54) is 6.26 Å². The zero-order valence-corrected chi connectivity index (χ0v) is 17.6. The van der Waals surface area contributed by atoms with Crippen LogP contribution in [0.2, 0.25) is 0 Å². The van der Waals surface area contributed by atoms with Crippen molar-refractivity contribution in [1.29, 1.82) is 0 Å². The molecule has 0 atom stereocenters. The molecule has 0 aromatic rings. The number of hydrogen-bond acceptors (Lipinski definition) is 4. The Morgan fingerprint density at radius 3 is 2.36 bits per heavy atom. The summed E-state index contributed by atoms with van der Waals surface area (Å²) < 4.78 is 27.8. The standard InChI is InChI=1S/C14H31N3O3S.HI/c1-6-15-13(16-9-10-20-7-2)17-12-14(3,4)8-11-21(5,18)19;/h6-12H2,1-5H3,(H2,15,16,17);1H. The first-order valence-electron chi connectivity index (χ1n) is 7.48. The number of nitrogens with zero attached hydrogens (tertiary/aromatic N) is 1.